The molecule has 0 saturated carbocycles. The number of alkyl carbamates (subject to hydrolysis) is 1. The third-order valence-corrected chi connectivity index (χ3v) is 5.98. The summed E-state index contributed by atoms with van der Waals surface area (Å²) >= 11 is 0. The number of hydrogen-bond donors (Lipinski definition) is 1. The Morgan fingerprint density at radius 1 is 1.11 bits per heavy atom. The standard InChI is InChI=1S/C28H30N6O2/c1-28(2,3)36-27(35)30-21-11-12-23-22(16-21)25(32-26(31-23)20-9-5-4-6-10-20)24-13-15-34(33-24)18-19-8-7-14-29-17-19/h4-10,13-15,17,21H,11-12,16,18H2,1-3H3,(H,30,35). The number of rotatable bonds is 5. The van der Waals surface area contributed by atoms with E-state index >= 15 is 0 Å². The fraction of sp³-hybridized carbons (Fsp3) is 0.321. The van der Waals surface area contributed by atoms with Gasteiger partial charge in [-0.05, 0) is 57.7 Å². The summed E-state index contributed by atoms with van der Waals surface area (Å²) in [6, 6.07) is 15.9. The Balaban J connectivity index is 1.47. The molecular weight excluding hydrogens is 452 g/mol. The number of ether oxygens (including phenoxy) is 1. The van der Waals surface area contributed by atoms with Gasteiger partial charge < -0.3 is 10.1 Å². The van der Waals surface area contributed by atoms with E-state index in [1.165, 1.54) is 0 Å². The summed E-state index contributed by atoms with van der Waals surface area (Å²) in [7, 11) is 0. The predicted octanol–water partition coefficient (Wildman–Crippen LogP) is 4.83. The molecule has 1 aromatic carbocycles. The van der Waals surface area contributed by atoms with Crippen LogP contribution in [0.4, 0.5) is 4.79 Å². The lowest BCUT2D eigenvalue weighted by molar-refractivity contribution is 0.0500. The second kappa shape index (κ2) is 9.89. The number of carbonyl (C=O) groups excluding carboxylic acids is 1. The van der Waals surface area contributed by atoms with Gasteiger partial charge >= 0.3 is 6.09 Å². The minimum atomic E-state index is -0.545. The van der Waals surface area contributed by atoms with Gasteiger partial charge in [-0.1, -0.05) is 36.4 Å². The molecule has 4 aromatic rings. The van der Waals surface area contributed by atoms with E-state index < -0.39 is 11.7 Å². The minimum Gasteiger partial charge on any atom is -0.444 e. The van der Waals surface area contributed by atoms with Crippen LogP contribution in [0.2, 0.25) is 0 Å². The van der Waals surface area contributed by atoms with Crippen molar-refractivity contribution in [1.82, 2.24) is 30.0 Å². The van der Waals surface area contributed by atoms with Gasteiger partial charge in [-0.3, -0.25) is 9.67 Å². The highest BCUT2D eigenvalue weighted by Crippen LogP contribution is 2.31. The largest absolute Gasteiger partial charge is 0.444 e. The molecule has 8 heteroatoms. The van der Waals surface area contributed by atoms with Crippen molar-refractivity contribution >= 4 is 6.09 Å². The Kier molecular flexibility index (Phi) is 6.50. The molecule has 3 aromatic heterocycles. The summed E-state index contributed by atoms with van der Waals surface area (Å²) in [5.41, 5.74) is 5.11. The van der Waals surface area contributed by atoms with Gasteiger partial charge in [0.2, 0.25) is 0 Å². The molecule has 0 radical (unpaired) electrons. The molecule has 1 aliphatic carbocycles. The minimum absolute atomic E-state index is 0.0604. The molecule has 8 nitrogen and oxygen atoms in total. The zero-order valence-corrected chi connectivity index (χ0v) is 20.8. The fourth-order valence-electron chi connectivity index (χ4n) is 4.39. The van der Waals surface area contributed by atoms with Gasteiger partial charge in [-0.15, -0.1) is 0 Å². The molecule has 0 bridgehead atoms. The Hall–Kier alpha value is -4.07. The number of carbonyl (C=O) groups is 1. The molecule has 0 aliphatic heterocycles. The van der Waals surface area contributed by atoms with E-state index in [4.69, 9.17) is 19.8 Å². The number of benzene rings is 1. The number of fused-ring (bicyclic) bond motifs is 1. The average molecular weight is 483 g/mol. The maximum Gasteiger partial charge on any atom is 0.407 e. The lowest BCUT2D eigenvalue weighted by Gasteiger charge is -2.28. The highest BCUT2D eigenvalue weighted by atomic mass is 16.6. The van der Waals surface area contributed by atoms with Crippen molar-refractivity contribution < 1.29 is 9.53 Å². The zero-order chi connectivity index (χ0) is 25.1. The summed E-state index contributed by atoms with van der Waals surface area (Å²) in [4.78, 5) is 26.5. The van der Waals surface area contributed by atoms with Crippen LogP contribution in [0.3, 0.4) is 0 Å². The van der Waals surface area contributed by atoms with Crippen molar-refractivity contribution in [3.05, 3.63) is 83.9 Å². The van der Waals surface area contributed by atoms with Crippen molar-refractivity contribution in [2.45, 2.75) is 58.2 Å². The Morgan fingerprint density at radius 3 is 2.69 bits per heavy atom. The van der Waals surface area contributed by atoms with Gasteiger partial charge in [0.05, 0.1) is 12.2 Å². The van der Waals surface area contributed by atoms with Crippen LogP contribution in [-0.2, 0) is 24.1 Å². The molecule has 0 fully saturated rings. The normalized spacial score (nSPS) is 15.2. The SMILES string of the molecule is CC(C)(C)OC(=O)NC1CCc2nc(-c3ccccc3)nc(-c3ccn(Cc4cccnc4)n3)c2C1. The summed E-state index contributed by atoms with van der Waals surface area (Å²) in [6.07, 6.45) is 7.30. The highest BCUT2D eigenvalue weighted by Gasteiger charge is 2.28. The van der Waals surface area contributed by atoms with Crippen molar-refractivity contribution in [2.75, 3.05) is 0 Å². The monoisotopic (exact) mass is 482 g/mol. The van der Waals surface area contributed by atoms with E-state index in [2.05, 4.69) is 10.3 Å². The maximum atomic E-state index is 12.4. The molecule has 0 saturated heterocycles. The fourth-order valence-corrected chi connectivity index (χ4v) is 4.39. The zero-order valence-electron chi connectivity index (χ0n) is 20.8. The first-order valence-electron chi connectivity index (χ1n) is 12.2. The van der Waals surface area contributed by atoms with Gasteiger partial charge in [0.25, 0.3) is 0 Å². The second-order valence-electron chi connectivity index (χ2n) is 10.0. The van der Waals surface area contributed by atoms with E-state index in [-0.39, 0.29) is 6.04 Å². The van der Waals surface area contributed by atoms with Crippen molar-refractivity contribution in [3.63, 3.8) is 0 Å². The van der Waals surface area contributed by atoms with E-state index in [0.29, 0.717) is 18.8 Å². The Labute approximate surface area is 210 Å². The second-order valence-corrected chi connectivity index (χ2v) is 10.0. The molecule has 1 aliphatic rings. The van der Waals surface area contributed by atoms with Gasteiger partial charge in [-0.2, -0.15) is 5.10 Å². The number of hydrogen-bond acceptors (Lipinski definition) is 6. The first kappa shape index (κ1) is 23.7. The van der Waals surface area contributed by atoms with E-state index in [1.54, 1.807) is 6.20 Å². The molecular formula is C28H30N6O2. The van der Waals surface area contributed by atoms with Crippen LogP contribution in [0.15, 0.2) is 67.1 Å². The first-order chi connectivity index (χ1) is 17.3. The molecule has 184 valence electrons. The summed E-state index contributed by atoms with van der Waals surface area (Å²) in [5.74, 6) is 0.685. The lowest BCUT2D eigenvalue weighted by Crippen LogP contribution is -2.42. The van der Waals surface area contributed by atoms with Gasteiger partial charge in [0.1, 0.15) is 11.3 Å². The summed E-state index contributed by atoms with van der Waals surface area (Å²) < 4.78 is 7.37. The molecule has 3 heterocycles. The van der Waals surface area contributed by atoms with Crippen molar-refractivity contribution in [1.29, 1.82) is 0 Å². The van der Waals surface area contributed by atoms with E-state index in [0.717, 1.165) is 46.6 Å². The van der Waals surface area contributed by atoms with Crippen LogP contribution >= 0.6 is 0 Å². The number of nitrogens with one attached hydrogen (secondary N) is 1. The molecule has 1 N–H and O–H groups in total. The molecule has 5 rings (SSSR count). The van der Waals surface area contributed by atoms with Crippen LogP contribution in [0.5, 0.6) is 0 Å². The van der Waals surface area contributed by atoms with Crippen LogP contribution in [0.1, 0.15) is 44.0 Å². The lowest BCUT2D eigenvalue weighted by atomic mass is 9.89. The summed E-state index contributed by atoms with van der Waals surface area (Å²) in [5, 5.41) is 7.87. The molecule has 1 unspecified atom stereocenters. The molecule has 36 heavy (non-hydrogen) atoms. The van der Waals surface area contributed by atoms with Crippen LogP contribution in [0, 0.1) is 0 Å². The van der Waals surface area contributed by atoms with Gasteiger partial charge in [0.15, 0.2) is 5.82 Å². The van der Waals surface area contributed by atoms with Crippen LogP contribution in [0.25, 0.3) is 22.8 Å². The number of amides is 1. The third kappa shape index (κ3) is 5.59. The van der Waals surface area contributed by atoms with Gasteiger partial charge in [-0.25, -0.2) is 14.8 Å². The van der Waals surface area contributed by atoms with Gasteiger partial charge in [0, 0.05) is 41.5 Å². The molecule has 1 amide bonds. The average Bonchev–Trinajstić information content (AvgIpc) is 3.31. The number of aromatic nitrogens is 5. The number of pyridine rings is 1. The Morgan fingerprint density at radius 2 is 1.94 bits per heavy atom. The number of nitrogens with zero attached hydrogens (tertiary/aromatic N) is 5. The van der Waals surface area contributed by atoms with Crippen LogP contribution in [-0.4, -0.2) is 42.5 Å². The smallest absolute Gasteiger partial charge is 0.407 e. The predicted molar refractivity (Wildman–Crippen MR) is 137 cm³/mol. The first-order valence-corrected chi connectivity index (χ1v) is 12.2. The molecule has 1 atom stereocenters. The van der Waals surface area contributed by atoms with E-state index in [1.807, 2.05) is 86.4 Å². The summed E-state index contributed by atoms with van der Waals surface area (Å²) in [6.45, 7) is 6.21. The number of aryl methyl sites for hydroxylation is 1. The molecule has 0 spiro atoms. The quantitative estimate of drug-likeness (QED) is 0.438. The van der Waals surface area contributed by atoms with E-state index in [9.17, 15) is 4.79 Å². The highest BCUT2D eigenvalue weighted by molar-refractivity contribution is 5.69. The third-order valence-electron chi connectivity index (χ3n) is 5.98. The van der Waals surface area contributed by atoms with Crippen molar-refractivity contribution in [3.8, 4) is 22.8 Å². The maximum absolute atomic E-state index is 12.4. The Bertz CT molecular complexity index is 1350. The van der Waals surface area contributed by atoms with Crippen LogP contribution < -0.4 is 5.32 Å². The topological polar surface area (TPSA) is 94.8 Å². The van der Waals surface area contributed by atoms with Crippen molar-refractivity contribution in [2.24, 2.45) is 0 Å².